The lowest BCUT2D eigenvalue weighted by molar-refractivity contribution is -0.122. The van der Waals surface area contributed by atoms with Gasteiger partial charge < -0.3 is 10.4 Å². The van der Waals surface area contributed by atoms with E-state index in [0.717, 1.165) is 24.8 Å². The van der Waals surface area contributed by atoms with Crippen LogP contribution in [0.1, 0.15) is 48.8 Å². The fourth-order valence-electron chi connectivity index (χ4n) is 3.31. The summed E-state index contributed by atoms with van der Waals surface area (Å²) in [5, 5.41) is 17.2. The fourth-order valence-corrected chi connectivity index (χ4v) is 4.09. The van der Waals surface area contributed by atoms with Crippen molar-refractivity contribution in [1.29, 1.82) is 0 Å². The minimum Gasteiger partial charge on any atom is -0.384 e. The lowest BCUT2D eigenvalue weighted by atomic mass is 9.81. The molecular weight excluding hydrogens is 306 g/mol. The highest BCUT2D eigenvalue weighted by Gasteiger charge is 2.26. The Kier molecular flexibility index (Phi) is 4.83. The van der Waals surface area contributed by atoms with Crippen LogP contribution in [0.3, 0.4) is 0 Å². The number of benzene rings is 1. The molecule has 0 bridgehead atoms. The Morgan fingerprint density at radius 3 is 3.00 bits per heavy atom. The molecule has 122 valence electrons. The van der Waals surface area contributed by atoms with E-state index in [1.807, 2.05) is 16.8 Å². The van der Waals surface area contributed by atoms with E-state index >= 15 is 0 Å². The van der Waals surface area contributed by atoms with Crippen molar-refractivity contribution in [2.24, 2.45) is 0 Å². The Morgan fingerprint density at radius 1 is 1.39 bits per heavy atom. The third kappa shape index (κ3) is 3.82. The Balaban J connectivity index is 1.58. The second-order valence-corrected chi connectivity index (χ2v) is 7.33. The van der Waals surface area contributed by atoms with Gasteiger partial charge in [-0.05, 0) is 65.6 Å². The quantitative estimate of drug-likeness (QED) is 0.881. The van der Waals surface area contributed by atoms with Crippen LogP contribution < -0.4 is 5.32 Å². The van der Waals surface area contributed by atoms with Crippen LogP contribution in [0, 0.1) is 0 Å². The highest BCUT2D eigenvalue weighted by atomic mass is 32.1. The van der Waals surface area contributed by atoms with Gasteiger partial charge in [0.2, 0.25) is 5.91 Å². The van der Waals surface area contributed by atoms with E-state index in [4.69, 9.17) is 0 Å². The van der Waals surface area contributed by atoms with E-state index in [-0.39, 0.29) is 12.5 Å². The molecule has 0 spiro atoms. The summed E-state index contributed by atoms with van der Waals surface area (Å²) in [5.74, 6) is 0.313. The molecule has 1 aromatic carbocycles. The smallest absolute Gasteiger partial charge is 0.220 e. The van der Waals surface area contributed by atoms with Crippen molar-refractivity contribution in [1.82, 2.24) is 5.32 Å². The third-order valence-electron chi connectivity index (χ3n) is 4.70. The maximum absolute atomic E-state index is 12.3. The molecule has 2 unspecified atom stereocenters. The molecule has 0 saturated heterocycles. The predicted octanol–water partition coefficient (Wildman–Crippen LogP) is 3.58. The molecule has 1 heterocycles. The molecule has 4 heteroatoms. The minimum atomic E-state index is -1.01. The molecule has 2 aromatic rings. The van der Waals surface area contributed by atoms with Crippen LogP contribution >= 0.6 is 11.3 Å². The zero-order valence-corrected chi connectivity index (χ0v) is 14.2. The van der Waals surface area contributed by atoms with Crippen molar-refractivity contribution in [2.45, 2.75) is 44.1 Å². The summed E-state index contributed by atoms with van der Waals surface area (Å²) in [5.41, 5.74) is 2.53. The molecule has 2 N–H and O–H groups in total. The summed E-state index contributed by atoms with van der Waals surface area (Å²) in [6, 6.07) is 10.3. The maximum Gasteiger partial charge on any atom is 0.220 e. The van der Waals surface area contributed by atoms with Gasteiger partial charge in [-0.1, -0.05) is 24.3 Å². The van der Waals surface area contributed by atoms with Crippen LogP contribution in [0.4, 0.5) is 0 Å². The van der Waals surface area contributed by atoms with E-state index < -0.39 is 5.60 Å². The van der Waals surface area contributed by atoms with Gasteiger partial charge in [0.05, 0.1) is 6.54 Å². The Labute approximate surface area is 141 Å². The van der Waals surface area contributed by atoms with E-state index in [1.165, 1.54) is 11.1 Å². The summed E-state index contributed by atoms with van der Waals surface area (Å²) in [7, 11) is 0. The van der Waals surface area contributed by atoms with Crippen molar-refractivity contribution >= 4 is 17.2 Å². The van der Waals surface area contributed by atoms with Gasteiger partial charge in [0.1, 0.15) is 5.60 Å². The summed E-state index contributed by atoms with van der Waals surface area (Å²) < 4.78 is 0. The van der Waals surface area contributed by atoms with Crippen LogP contribution in [0.15, 0.2) is 41.1 Å². The monoisotopic (exact) mass is 329 g/mol. The van der Waals surface area contributed by atoms with Crippen molar-refractivity contribution in [3.8, 4) is 0 Å². The van der Waals surface area contributed by atoms with Gasteiger partial charge in [-0.25, -0.2) is 0 Å². The molecule has 3 nitrogen and oxygen atoms in total. The molecule has 0 aliphatic heterocycles. The van der Waals surface area contributed by atoms with Gasteiger partial charge in [0.15, 0.2) is 0 Å². The van der Waals surface area contributed by atoms with Crippen LogP contribution in [0.25, 0.3) is 0 Å². The molecule has 3 rings (SSSR count). The first-order valence-electron chi connectivity index (χ1n) is 8.16. The lowest BCUT2D eigenvalue weighted by Gasteiger charge is -2.26. The van der Waals surface area contributed by atoms with Gasteiger partial charge in [-0.15, -0.1) is 0 Å². The molecule has 1 aromatic heterocycles. The zero-order valence-electron chi connectivity index (χ0n) is 13.4. The van der Waals surface area contributed by atoms with E-state index in [0.29, 0.717) is 12.3 Å². The molecule has 1 amide bonds. The van der Waals surface area contributed by atoms with Gasteiger partial charge in [-0.2, -0.15) is 11.3 Å². The van der Waals surface area contributed by atoms with E-state index in [1.54, 1.807) is 18.3 Å². The fraction of sp³-hybridized carbons (Fsp3) is 0.421. The van der Waals surface area contributed by atoms with Crippen molar-refractivity contribution < 1.29 is 9.90 Å². The summed E-state index contributed by atoms with van der Waals surface area (Å²) >= 11 is 1.55. The SMILES string of the molecule is CC(O)(CNC(=O)CC1CCCc2ccccc21)c1ccsc1. The number of nitrogens with one attached hydrogen (secondary N) is 1. The van der Waals surface area contributed by atoms with Crippen LogP contribution in [0.2, 0.25) is 0 Å². The van der Waals surface area contributed by atoms with Crippen molar-refractivity contribution in [2.75, 3.05) is 6.54 Å². The number of rotatable bonds is 5. The number of aryl methyl sites for hydroxylation is 1. The average molecular weight is 329 g/mol. The number of amides is 1. The largest absolute Gasteiger partial charge is 0.384 e. The summed E-state index contributed by atoms with van der Waals surface area (Å²) in [6.45, 7) is 1.99. The zero-order chi connectivity index (χ0) is 16.3. The Bertz CT molecular complexity index is 664. The Hall–Kier alpha value is -1.65. The molecule has 0 saturated carbocycles. The Morgan fingerprint density at radius 2 is 2.22 bits per heavy atom. The molecule has 2 atom stereocenters. The highest BCUT2D eigenvalue weighted by Crippen LogP contribution is 2.33. The highest BCUT2D eigenvalue weighted by molar-refractivity contribution is 7.08. The number of aliphatic hydroxyl groups is 1. The van der Waals surface area contributed by atoms with Gasteiger partial charge >= 0.3 is 0 Å². The number of fused-ring (bicyclic) bond motifs is 1. The first-order chi connectivity index (χ1) is 11.1. The van der Waals surface area contributed by atoms with Crippen LogP contribution in [-0.2, 0) is 16.8 Å². The molecule has 23 heavy (non-hydrogen) atoms. The number of thiophene rings is 1. The average Bonchev–Trinajstić information content (AvgIpc) is 3.09. The molecule has 1 aliphatic carbocycles. The van der Waals surface area contributed by atoms with Gasteiger partial charge in [0.25, 0.3) is 0 Å². The number of hydrogen-bond donors (Lipinski definition) is 2. The second kappa shape index (κ2) is 6.85. The van der Waals surface area contributed by atoms with Gasteiger partial charge in [0, 0.05) is 6.42 Å². The van der Waals surface area contributed by atoms with E-state index in [9.17, 15) is 9.90 Å². The first kappa shape index (κ1) is 16.2. The number of carbonyl (C=O) groups is 1. The minimum absolute atomic E-state index is 0.0159. The third-order valence-corrected chi connectivity index (χ3v) is 5.38. The first-order valence-corrected chi connectivity index (χ1v) is 9.10. The molecule has 0 radical (unpaired) electrons. The molecular formula is C19H23NO2S. The topological polar surface area (TPSA) is 49.3 Å². The van der Waals surface area contributed by atoms with Gasteiger partial charge in [-0.3, -0.25) is 4.79 Å². The van der Waals surface area contributed by atoms with Crippen LogP contribution in [0.5, 0.6) is 0 Å². The maximum atomic E-state index is 12.3. The number of carbonyl (C=O) groups excluding carboxylic acids is 1. The normalized spacial score (nSPS) is 19.7. The summed E-state index contributed by atoms with van der Waals surface area (Å²) in [6.07, 6.45) is 3.81. The second-order valence-electron chi connectivity index (χ2n) is 6.55. The lowest BCUT2D eigenvalue weighted by Crippen LogP contribution is -2.38. The summed E-state index contributed by atoms with van der Waals surface area (Å²) in [4.78, 5) is 12.3. The van der Waals surface area contributed by atoms with E-state index in [2.05, 4.69) is 29.6 Å². The standard InChI is InChI=1S/C19H23NO2S/c1-19(22,16-9-10-23-12-16)13-20-18(21)11-15-7-4-6-14-5-2-3-8-17(14)15/h2-3,5,8-10,12,15,22H,4,6-7,11,13H2,1H3,(H,20,21). The number of hydrogen-bond acceptors (Lipinski definition) is 3. The van der Waals surface area contributed by atoms with Crippen LogP contribution in [-0.4, -0.2) is 17.6 Å². The van der Waals surface area contributed by atoms with Crippen molar-refractivity contribution in [3.63, 3.8) is 0 Å². The predicted molar refractivity (Wildman–Crippen MR) is 93.6 cm³/mol. The van der Waals surface area contributed by atoms with Crippen molar-refractivity contribution in [3.05, 3.63) is 57.8 Å². The molecule has 0 fully saturated rings. The molecule has 1 aliphatic rings.